The van der Waals surface area contributed by atoms with Gasteiger partial charge >= 0.3 is 5.97 Å². The molecule has 6 heteroatoms. The number of carboxylic acid groups (broad SMARTS) is 1. The summed E-state index contributed by atoms with van der Waals surface area (Å²) in [6, 6.07) is 5.18. The number of hydrogen-bond donors (Lipinski definition) is 1. The number of likely N-dealkylation sites (tertiary alicyclic amines) is 1. The maximum absolute atomic E-state index is 12.5. The fourth-order valence-electron chi connectivity index (χ4n) is 3.17. The molecule has 0 aliphatic carbocycles. The van der Waals surface area contributed by atoms with Crippen molar-refractivity contribution in [2.45, 2.75) is 32.2 Å². The lowest BCUT2D eigenvalue weighted by atomic mass is 9.90. The van der Waals surface area contributed by atoms with Gasteiger partial charge in [0.1, 0.15) is 0 Å². The Bertz CT molecular complexity index is 643. The standard InChI is InChI=1S/C19H25NO5/c1-4-6-14-8-9-16(17(11-14)24-3)25-12-18(21)20-10-5-7-15(13(20)2)19(22)23/h4,8-9,11,13,15H,1,5-7,10,12H2,2-3H3,(H,22,23)/t13-,15-/m0/s1. The van der Waals surface area contributed by atoms with Crippen LogP contribution in [0.3, 0.4) is 0 Å². The van der Waals surface area contributed by atoms with Gasteiger partial charge in [-0.1, -0.05) is 12.1 Å². The zero-order chi connectivity index (χ0) is 18.4. The largest absolute Gasteiger partial charge is 0.493 e. The van der Waals surface area contributed by atoms with E-state index in [1.165, 1.54) is 0 Å². The van der Waals surface area contributed by atoms with E-state index in [9.17, 15) is 14.7 Å². The van der Waals surface area contributed by atoms with Crippen molar-refractivity contribution in [2.24, 2.45) is 5.92 Å². The molecule has 1 saturated heterocycles. The number of carboxylic acids is 1. The monoisotopic (exact) mass is 347 g/mol. The lowest BCUT2D eigenvalue weighted by Crippen LogP contribution is -2.50. The minimum absolute atomic E-state index is 0.145. The van der Waals surface area contributed by atoms with Gasteiger partial charge in [0.05, 0.1) is 13.0 Å². The molecule has 1 aromatic rings. The van der Waals surface area contributed by atoms with E-state index in [0.29, 0.717) is 30.9 Å². The zero-order valence-corrected chi connectivity index (χ0v) is 14.7. The fraction of sp³-hybridized carbons (Fsp3) is 0.474. The maximum atomic E-state index is 12.5. The predicted molar refractivity (Wildman–Crippen MR) is 93.9 cm³/mol. The van der Waals surface area contributed by atoms with Gasteiger partial charge in [0.15, 0.2) is 18.1 Å². The summed E-state index contributed by atoms with van der Waals surface area (Å²) in [4.78, 5) is 25.4. The van der Waals surface area contributed by atoms with Crippen molar-refractivity contribution < 1.29 is 24.2 Å². The van der Waals surface area contributed by atoms with Gasteiger partial charge in [-0.25, -0.2) is 0 Å². The van der Waals surface area contributed by atoms with Gasteiger partial charge in [0, 0.05) is 12.6 Å². The number of carbonyl (C=O) groups excluding carboxylic acids is 1. The molecule has 1 heterocycles. The number of methoxy groups -OCH3 is 1. The van der Waals surface area contributed by atoms with Crippen LogP contribution in [0.2, 0.25) is 0 Å². The van der Waals surface area contributed by atoms with Crippen molar-refractivity contribution in [1.29, 1.82) is 0 Å². The predicted octanol–water partition coefficient (Wildman–Crippen LogP) is 2.51. The molecule has 1 aliphatic rings. The van der Waals surface area contributed by atoms with E-state index in [4.69, 9.17) is 9.47 Å². The molecule has 25 heavy (non-hydrogen) atoms. The lowest BCUT2D eigenvalue weighted by Gasteiger charge is -2.37. The highest BCUT2D eigenvalue weighted by Gasteiger charge is 2.35. The molecule has 0 radical (unpaired) electrons. The van der Waals surface area contributed by atoms with E-state index >= 15 is 0 Å². The minimum atomic E-state index is -0.856. The van der Waals surface area contributed by atoms with E-state index < -0.39 is 11.9 Å². The van der Waals surface area contributed by atoms with E-state index in [1.807, 2.05) is 12.1 Å². The number of allylic oxidation sites excluding steroid dienone is 1. The van der Waals surface area contributed by atoms with Crippen LogP contribution in [-0.2, 0) is 16.0 Å². The lowest BCUT2D eigenvalue weighted by molar-refractivity contribution is -0.149. The molecular weight excluding hydrogens is 322 g/mol. The number of hydrogen-bond acceptors (Lipinski definition) is 4. The molecule has 136 valence electrons. The molecule has 1 N–H and O–H groups in total. The van der Waals surface area contributed by atoms with E-state index in [1.54, 1.807) is 31.1 Å². The summed E-state index contributed by atoms with van der Waals surface area (Å²) in [5, 5.41) is 9.26. The quantitative estimate of drug-likeness (QED) is 0.767. The van der Waals surface area contributed by atoms with Crippen LogP contribution in [0.4, 0.5) is 0 Å². The number of piperidine rings is 1. The van der Waals surface area contributed by atoms with Gasteiger partial charge in [0.2, 0.25) is 0 Å². The molecule has 0 saturated carbocycles. The molecule has 2 rings (SSSR count). The topological polar surface area (TPSA) is 76.1 Å². The van der Waals surface area contributed by atoms with Crippen LogP contribution in [0.5, 0.6) is 11.5 Å². The van der Waals surface area contributed by atoms with Gasteiger partial charge in [-0.05, 0) is 43.9 Å². The molecule has 0 unspecified atom stereocenters. The van der Waals surface area contributed by atoms with Crippen molar-refractivity contribution in [2.75, 3.05) is 20.3 Å². The Kier molecular flexibility index (Phi) is 6.44. The van der Waals surface area contributed by atoms with Crippen molar-refractivity contribution in [1.82, 2.24) is 4.90 Å². The molecule has 2 atom stereocenters. The molecule has 0 aromatic heterocycles. The molecule has 1 amide bonds. The summed E-state index contributed by atoms with van der Waals surface area (Å²) in [5.41, 5.74) is 1.04. The summed E-state index contributed by atoms with van der Waals surface area (Å²) in [7, 11) is 1.55. The Hall–Kier alpha value is -2.50. The van der Waals surface area contributed by atoms with Gasteiger partial charge in [-0.15, -0.1) is 6.58 Å². The van der Waals surface area contributed by atoms with Gasteiger partial charge < -0.3 is 19.5 Å². The Morgan fingerprint density at radius 1 is 1.40 bits per heavy atom. The molecule has 1 aliphatic heterocycles. The number of rotatable bonds is 7. The average molecular weight is 347 g/mol. The third-order valence-corrected chi connectivity index (χ3v) is 4.58. The van der Waals surface area contributed by atoms with E-state index in [2.05, 4.69) is 6.58 Å². The van der Waals surface area contributed by atoms with Crippen LogP contribution in [0.1, 0.15) is 25.3 Å². The second-order valence-electron chi connectivity index (χ2n) is 6.18. The molecule has 1 aromatic carbocycles. The molecule has 6 nitrogen and oxygen atoms in total. The first kappa shape index (κ1) is 18.8. The number of aliphatic carboxylic acids is 1. The highest BCUT2D eigenvalue weighted by atomic mass is 16.5. The van der Waals surface area contributed by atoms with Crippen LogP contribution in [0.25, 0.3) is 0 Å². The first-order valence-corrected chi connectivity index (χ1v) is 8.40. The maximum Gasteiger partial charge on any atom is 0.308 e. The number of carbonyl (C=O) groups is 2. The fourth-order valence-corrected chi connectivity index (χ4v) is 3.17. The molecule has 1 fully saturated rings. The molecule has 0 spiro atoms. The van der Waals surface area contributed by atoms with Gasteiger partial charge in [-0.3, -0.25) is 9.59 Å². The summed E-state index contributed by atoms with van der Waals surface area (Å²) in [6.07, 6.45) is 3.80. The summed E-state index contributed by atoms with van der Waals surface area (Å²) >= 11 is 0. The minimum Gasteiger partial charge on any atom is -0.493 e. The van der Waals surface area contributed by atoms with Crippen LogP contribution in [0.15, 0.2) is 30.9 Å². The Balaban J connectivity index is 2.02. The highest BCUT2D eigenvalue weighted by Crippen LogP contribution is 2.29. The second-order valence-corrected chi connectivity index (χ2v) is 6.18. The SMILES string of the molecule is C=CCc1ccc(OCC(=O)N2CCC[C@H](C(=O)O)[C@@H]2C)c(OC)c1. The summed E-state index contributed by atoms with van der Waals surface area (Å²) in [5.74, 6) is -0.545. The van der Waals surface area contributed by atoms with Crippen molar-refractivity contribution in [3.05, 3.63) is 36.4 Å². The van der Waals surface area contributed by atoms with Crippen LogP contribution in [-0.4, -0.2) is 48.2 Å². The van der Waals surface area contributed by atoms with Crippen LogP contribution >= 0.6 is 0 Å². The van der Waals surface area contributed by atoms with Gasteiger partial charge in [-0.2, -0.15) is 0 Å². The first-order chi connectivity index (χ1) is 12.0. The van der Waals surface area contributed by atoms with Crippen LogP contribution < -0.4 is 9.47 Å². The third-order valence-electron chi connectivity index (χ3n) is 4.58. The Morgan fingerprint density at radius 2 is 2.16 bits per heavy atom. The highest BCUT2D eigenvalue weighted by molar-refractivity contribution is 5.80. The first-order valence-electron chi connectivity index (χ1n) is 8.40. The number of amides is 1. The van der Waals surface area contributed by atoms with E-state index in [0.717, 1.165) is 12.0 Å². The second kappa shape index (κ2) is 8.55. The van der Waals surface area contributed by atoms with Crippen LogP contribution in [0, 0.1) is 5.92 Å². The third kappa shape index (κ3) is 4.53. The number of benzene rings is 1. The van der Waals surface area contributed by atoms with Crippen molar-refractivity contribution >= 4 is 11.9 Å². The van der Waals surface area contributed by atoms with E-state index in [-0.39, 0.29) is 18.6 Å². The summed E-state index contributed by atoms with van der Waals surface area (Å²) in [6.45, 7) is 5.90. The van der Waals surface area contributed by atoms with Gasteiger partial charge in [0.25, 0.3) is 5.91 Å². The Morgan fingerprint density at radius 3 is 2.80 bits per heavy atom. The summed E-state index contributed by atoms with van der Waals surface area (Å²) < 4.78 is 10.9. The molecule has 0 bridgehead atoms. The zero-order valence-electron chi connectivity index (χ0n) is 14.7. The average Bonchev–Trinajstić information content (AvgIpc) is 2.60. The number of ether oxygens (including phenoxy) is 2. The molecular formula is C19H25NO5. The smallest absolute Gasteiger partial charge is 0.308 e. The van der Waals surface area contributed by atoms with Crippen molar-refractivity contribution in [3.8, 4) is 11.5 Å². The van der Waals surface area contributed by atoms with Crippen molar-refractivity contribution in [3.63, 3.8) is 0 Å². The number of nitrogens with zero attached hydrogens (tertiary/aromatic N) is 1. The Labute approximate surface area is 148 Å². The normalized spacial score (nSPS) is 20.0.